The van der Waals surface area contributed by atoms with Crippen LogP contribution < -0.4 is 10.6 Å². The summed E-state index contributed by atoms with van der Waals surface area (Å²) in [5.41, 5.74) is 4.47. The fourth-order valence-corrected chi connectivity index (χ4v) is 2.90. The maximum atomic E-state index is 12.9. The standard InChI is InChI=1S/C21H26FN3O2/c1-13-10-14(2)20(15(3)11-13)24-21(27)16(4)25(5)12-19(26)23-18-8-6-17(22)7-9-18/h6-11,16H,12H2,1-5H3,(H,23,26)(H,24,27)/t16-/m1/s1. The third kappa shape index (κ3) is 5.62. The molecule has 0 aliphatic carbocycles. The van der Waals surface area contributed by atoms with Crippen molar-refractivity contribution in [3.63, 3.8) is 0 Å². The number of carbonyl (C=O) groups is 2. The molecule has 5 nitrogen and oxygen atoms in total. The molecule has 0 bridgehead atoms. The molecular formula is C21H26FN3O2. The molecule has 144 valence electrons. The molecule has 0 saturated carbocycles. The van der Waals surface area contributed by atoms with Gasteiger partial charge in [-0.2, -0.15) is 0 Å². The van der Waals surface area contributed by atoms with Crippen molar-refractivity contribution in [2.45, 2.75) is 33.7 Å². The Morgan fingerprint density at radius 2 is 1.59 bits per heavy atom. The van der Waals surface area contributed by atoms with Crippen LogP contribution >= 0.6 is 0 Å². The summed E-state index contributed by atoms with van der Waals surface area (Å²) in [5, 5.41) is 5.65. The van der Waals surface area contributed by atoms with Gasteiger partial charge in [-0.15, -0.1) is 0 Å². The van der Waals surface area contributed by atoms with E-state index in [1.54, 1.807) is 18.9 Å². The van der Waals surface area contributed by atoms with Crippen LogP contribution in [0.25, 0.3) is 0 Å². The zero-order chi connectivity index (χ0) is 20.1. The second-order valence-corrected chi connectivity index (χ2v) is 6.91. The van der Waals surface area contributed by atoms with Crippen molar-refractivity contribution in [2.24, 2.45) is 0 Å². The van der Waals surface area contributed by atoms with Crippen LogP contribution in [0.2, 0.25) is 0 Å². The summed E-state index contributed by atoms with van der Waals surface area (Å²) in [6.45, 7) is 7.72. The molecule has 27 heavy (non-hydrogen) atoms. The predicted octanol–water partition coefficient (Wildman–Crippen LogP) is 3.65. The van der Waals surface area contributed by atoms with Gasteiger partial charge in [-0.25, -0.2) is 4.39 Å². The third-order valence-electron chi connectivity index (χ3n) is 4.49. The predicted molar refractivity (Wildman–Crippen MR) is 106 cm³/mol. The highest BCUT2D eigenvalue weighted by Crippen LogP contribution is 2.22. The molecular weight excluding hydrogens is 345 g/mol. The van der Waals surface area contributed by atoms with E-state index in [9.17, 15) is 14.0 Å². The van der Waals surface area contributed by atoms with E-state index in [1.165, 1.54) is 24.3 Å². The average Bonchev–Trinajstić information content (AvgIpc) is 2.59. The average molecular weight is 371 g/mol. The molecule has 0 unspecified atom stereocenters. The number of nitrogens with zero attached hydrogens (tertiary/aromatic N) is 1. The number of aryl methyl sites for hydroxylation is 3. The van der Waals surface area contributed by atoms with E-state index in [0.29, 0.717) is 5.69 Å². The number of benzene rings is 2. The number of hydrogen-bond donors (Lipinski definition) is 2. The van der Waals surface area contributed by atoms with Crippen molar-refractivity contribution in [1.29, 1.82) is 0 Å². The summed E-state index contributed by atoms with van der Waals surface area (Å²) in [4.78, 5) is 26.4. The van der Waals surface area contributed by atoms with Gasteiger partial charge in [-0.3, -0.25) is 14.5 Å². The number of likely N-dealkylation sites (N-methyl/N-ethyl adjacent to an activating group) is 1. The monoisotopic (exact) mass is 371 g/mol. The molecule has 0 aromatic heterocycles. The van der Waals surface area contributed by atoms with Gasteiger partial charge in [0.05, 0.1) is 12.6 Å². The number of rotatable bonds is 6. The Morgan fingerprint density at radius 3 is 2.15 bits per heavy atom. The van der Waals surface area contributed by atoms with Crippen molar-refractivity contribution in [1.82, 2.24) is 4.90 Å². The first-order valence-corrected chi connectivity index (χ1v) is 8.81. The fourth-order valence-electron chi connectivity index (χ4n) is 2.90. The zero-order valence-electron chi connectivity index (χ0n) is 16.4. The molecule has 6 heteroatoms. The molecule has 2 aromatic rings. The van der Waals surface area contributed by atoms with E-state index in [4.69, 9.17) is 0 Å². The molecule has 2 N–H and O–H groups in total. The summed E-state index contributed by atoms with van der Waals surface area (Å²) in [6, 6.07) is 9.09. The molecule has 0 radical (unpaired) electrons. The number of anilines is 2. The van der Waals surface area contributed by atoms with Crippen molar-refractivity contribution in [3.05, 3.63) is 58.9 Å². The van der Waals surface area contributed by atoms with Crippen molar-refractivity contribution >= 4 is 23.2 Å². The lowest BCUT2D eigenvalue weighted by Gasteiger charge is -2.24. The summed E-state index contributed by atoms with van der Waals surface area (Å²) < 4.78 is 12.9. The molecule has 0 saturated heterocycles. The van der Waals surface area contributed by atoms with E-state index in [-0.39, 0.29) is 24.2 Å². The highest BCUT2D eigenvalue weighted by molar-refractivity contribution is 5.97. The lowest BCUT2D eigenvalue weighted by Crippen LogP contribution is -2.43. The van der Waals surface area contributed by atoms with Gasteiger partial charge in [0.1, 0.15) is 5.82 Å². The first kappa shape index (κ1) is 20.6. The highest BCUT2D eigenvalue weighted by atomic mass is 19.1. The highest BCUT2D eigenvalue weighted by Gasteiger charge is 2.21. The third-order valence-corrected chi connectivity index (χ3v) is 4.49. The lowest BCUT2D eigenvalue weighted by atomic mass is 10.0. The molecule has 2 rings (SSSR count). The van der Waals surface area contributed by atoms with Gasteiger partial charge in [-0.1, -0.05) is 17.7 Å². The molecule has 2 amide bonds. The minimum Gasteiger partial charge on any atom is -0.325 e. The Bertz CT molecular complexity index is 811. The van der Waals surface area contributed by atoms with Crippen LogP contribution in [-0.4, -0.2) is 36.3 Å². The van der Waals surface area contributed by atoms with Crippen LogP contribution in [0.15, 0.2) is 36.4 Å². The lowest BCUT2D eigenvalue weighted by molar-refractivity contribution is -0.122. The molecule has 0 spiro atoms. The van der Waals surface area contributed by atoms with Crippen molar-refractivity contribution < 1.29 is 14.0 Å². The van der Waals surface area contributed by atoms with E-state index < -0.39 is 6.04 Å². The summed E-state index contributed by atoms with van der Waals surface area (Å²) in [7, 11) is 1.71. The first-order chi connectivity index (χ1) is 12.7. The summed E-state index contributed by atoms with van der Waals surface area (Å²) in [6.07, 6.45) is 0. The topological polar surface area (TPSA) is 61.4 Å². The van der Waals surface area contributed by atoms with Crippen LogP contribution in [0.4, 0.5) is 15.8 Å². The number of amides is 2. The summed E-state index contributed by atoms with van der Waals surface area (Å²) >= 11 is 0. The smallest absolute Gasteiger partial charge is 0.241 e. The van der Waals surface area contributed by atoms with Gasteiger partial charge in [0.2, 0.25) is 11.8 Å². The van der Waals surface area contributed by atoms with Gasteiger partial charge < -0.3 is 10.6 Å². The maximum Gasteiger partial charge on any atom is 0.241 e. The van der Waals surface area contributed by atoms with Gasteiger partial charge in [-0.05, 0) is 70.1 Å². The van der Waals surface area contributed by atoms with Crippen molar-refractivity contribution in [3.8, 4) is 0 Å². The fraction of sp³-hybridized carbons (Fsp3) is 0.333. The second-order valence-electron chi connectivity index (χ2n) is 6.91. The number of carbonyl (C=O) groups excluding carboxylic acids is 2. The Kier molecular flexibility index (Phi) is 6.69. The first-order valence-electron chi connectivity index (χ1n) is 8.81. The quantitative estimate of drug-likeness (QED) is 0.815. The Labute approximate surface area is 159 Å². The molecule has 2 aromatic carbocycles. The van der Waals surface area contributed by atoms with Gasteiger partial charge >= 0.3 is 0 Å². The van der Waals surface area contributed by atoms with Crippen LogP contribution in [0.3, 0.4) is 0 Å². The molecule has 0 heterocycles. The normalized spacial score (nSPS) is 12.0. The number of hydrogen-bond acceptors (Lipinski definition) is 3. The van der Waals surface area contributed by atoms with Crippen molar-refractivity contribution in [2.75, 3.05) is 24.2 Å². The van der Waals surface area contributed by atoms with Crippen LogP contribution in [0.5, 0.6) is 0 Å². The molecule has 0 aliphatic rings. The van der Waals surface area contributed by atoms with Crippen LogP contribution in [-0.2, 0) is 9.59 Å². The van der Waals surface area contributed by atoms with Crippen LogP contribution in [0.1, 0.15) is 23.6 Å². The molecule has 0 aliphatic heterocycles. The van der Waals surface area contributed by atoms with E-state index in [0.717, 1.165) is 22.4 Å². The SMILES string of the molecule is Cc1cc(C)c(NC(=O)[C@@H](C)N(C)CC(=O)Nc2ccc(F)cc2)c(C)c1. The molecule has 1 atom stereocenters. The van der Waals surface area contributed by atoms with E-state index in [2.05, 4.69) is 10.6 Å². The minimum absolute atomic E-state index is 0.0395. The Balaban J connectivity index is 1.95. The van der Waals surface area contributed by atoms with Gasteiger partial charge in [0.25, 0.3) is 0 Å². The maximum absolute atomic E-state index is 12.9. The largest absolute Gasteiger partial charge is 0.325 e. The Morgan fingerprint density at radius 1 is 1.04 bits per heavy atom. The van der Waals surface area contributed by atoms with E-state index in [1.807, 2.05) is 32.9 Å². The zero-order valence-corrected chi connectivity index (χ0v) is 16.4. The van der Waals surface area contributed by atoms with E-state index >= 15 is 0 Å². The summed E-state index contributed by atoms with van der Waals surface area (Å²) in [5.74, 6) is -0.814. The minimum atomic E-state index is -0.496. The molecule has 0 fully saturated rings. The second kappa shape index (κ2) is 8.77. The van der Waals surface area contributed by atoms with Gasteiger partial charge in [0, 0.05) is 11.4 Å². The number of nitrogens with one attached hydrogen (secondary N) is 2. The van der Waals surface area contributed by atoms with Crippen LogP contribution in [0, 0.1) is 26.6 Å². The Hall–Kier alpha value is -2.73. The number of halogens is 1. The van der Waals surface area contributed by atoms with Gasteiger partial charge in [0.15, 0.2) is 0 Å².